The summed E-state index contributed by atoms with van der Waals surface area (Å²) in [7, 11) is 0. The summed E-state index contributed by atoms with van der Waals surface area (Å²) in [5.41, 5.74) is 0.713. The van der Waals surface area contributed by atoms with Crippen molar-refractivity contribution in [3.05, 3.63) is 41.5 Å². The molecule has 0 amide bonds. The van der Waals surface area contributed by atoms with Gasteiger partial charge in [-0.25, -0.2) is 0 Å². The Morgan fingerprint density at radius 3 is 2.88 bits per heavy atom. The van der Waals surface area contributed by atoms with Gasteiger partial charge in [-0.05, 0) is 13.0 Å². The zero-order valence-electron chi connectivity index (χ0n) is 9.38. The Bertz CT molecular complexity index is 534. The molecule has 0 radical (unpaired) electrons. The number of carbonyl (C=O) groups is 1. The molecule has 5 nitrogen and oxygen atoms in total. The van der Waals surface area contributed by atoms with Gasteiger partial charge in [0, 0.05) is 5.56 Å². The molecule has 2 aromatic rings. The average molecular weight is 232 g/mol. The number of Topliss-reactive ketones (excluding diaryl/α,β-unsaturated/α-hetero) is 1. The standard InChI is InChI=1S/C12H12N2O3/c1-8(15)6-11-13-12(17-14-11)7-9-4-2-3-5-10(9)16/h2-5,16H,6-7H2,1H3. The number of phenolic OH excluding ortho intramolecular Hbond substituents is 1. The molecule has 5 heteroatoms. The SMILES string of the molecule is CC(=O)Cc1noc(Cc2ccccc2O)n1. The Kier molecular flexibility index (Phi) is 3.18. The van der Waals surface area contributed by atoms with E-state index in [2.05, 4.69) is 10.1 Å². The maximum absolute atomic E-state index is 10.9. The lowest BCUT2D eigenvalue weighted by Crippen LogP contribution is -1.98. The van der Waals surface area contributed by atoms with Gasteiger partial charge in [0.2, 0.25) is 5.89 Å². The topological polar surface area (TPSA) is 76.2 Å². The van der Waals surface area contributed by atoms with Gasteiger partial charge in [0.15, 0.2) is 5.82 Å². The van der Waals surface area contributed by atoms with Crippen molar-refractivity contribution in [1.29, 1.82) is 0 Å². The number of hydrogen-bond acceptors (Lipinski definition) is 5. The van der Waals surface area contributed by atoms with Crippen molar-refractivity contribution in [2.45, 2.75) is 19.8 Å². The van der Waals surface area contributed by atoms with Gasteiger partial charge in [0.1, 0.15) is 11.5 Å². The molecule has 0 fully saturated rings. The molecule has 0 atom stereocenters. The Hall–Kier alpha value is -2.17. The summed E-state index contributed by atoms with van der Waals surface area (Å²) in [5.74, 6) is 0.949. The second-order valence-corrected chi connectivity index (χ2v) is 3.79. The Balaban J connectivity index is 2.12. The van der Waals surface area contributed by atoms with Crippen molar-refractivity contribution in [2.75, 3.05) is 0 Å². The second kappa shape index (κ2) is 4.78. The first kappa shape index (κ1) is 11.3. The zero-order chi connectivity index (χ0) is 12.3. The molecule has 2 rings (SSSR count). The lowest BCUT2D eigenvalue weighted by atomic mass is 10.1. The summed E-state index contributed by atoms with van der Waals surface area (Å²) in [6.07, 6.45) is 0.530. The summed E-state index contributed by atoms with van der Waals surface area (Å²) in [6.45, 7) is 1.47. The zero-order valence-corrected chi connectivity index (χ0v) is 9.38. The van der Waals surface area contributed by atoms with Crippen LogP contribution in [0.1, 0.15) is 24.2 Å². The van der Waals surface area contributed by atoms with Crippen LogP contribution in [0.3, 0.4) is 0 Å². The molecule has 88 valence electrons. The van der Waals surface area contributed by atoms with Crippen LogP contribution in [0.2, 0.25) is 0 Å². The summed E-state index contributed by atoms with van der Waals surface area (Å²) in [4.78, 5) is 15.0. The number of phenols is 1. The number of benzene rings is 1. The molecular weight excluding hydrogens is 220 g/mol. The third kappa shape index (κ3) is 2.90. The largest absolute Gasteiger partial charge is 0.508 e. The molecule has 1 heterocycles. The molecule has 0 saturated heterocycles. The fourth-order valence-electron chi connectivity index (χ4n) is 1.48. The molecule has 0 aliphatic rings. The van der Waals surface area contributed by atoms with E-state index in [0.29, 0.717) is 23.7 Å². The van der Waals surface area contributed by atoms with Crippen LogP contribution < -0.4 is 0 Å². The Labute approximate surface area is 98.1 Å². The summed E-state index contributed by atoms with van der Waals surface area (Å²) in [6, 6.07) is 6.95. The third-order valence-electron chi connectivity index (χ3n) is 2.25. The third-order valence-corrected chi connectivity index (χ3v) is 2.25. The van der Waals surface area contributed by atoms with Gasteiger partial charge >= 0.3 is 0 Å². The van der Waals surface area contributed by atoms with E-state index in [1.165, 1.54) is 6.92 Å². The van der Waals surface area contributed by atoms with E-state index in [0.717, 1.165) is 0 Å². The van der Waals surface area contributed by atoms with Gasteiger partial charge in [0.25, 0.3) is 0 Å². The van der Waals surface area contributed by atoms with Crippen LogP contribution in [0.5, 0.6) is 5.75 Å². The van der Waals surface area contributed by atoms with Crippen molar-refractivity contribution >= 4 is 5.78 Å². The lowest BCUT2D eigenvalue weighted by Gasteiger charge is -1.99. The first-order chi connectivity index (χ1) is 8.15. The second-order valence-electron chi connectivity index (χ2n) is 3.79. The molecule has 17 heavy (non-hydrogen) atoms. The van der Waals surface area contributed by atoms with Crippen LogP contribution in [0.15, 0.2) is 28.8 Å². The quantitative estimate of drug-likeness (QED) is 0.864. The molecule has 1 aromatic heterocycles. The Morgan fingerprint density at radius 1 is 1.41 bits per heavy atom. The van der Waals surface area contributed by atoms with Crippen molar-refractivity contribution in [2.24, 2.45) is 0 Å². The smallest absolute Gasteiger partial charge is 0.231 e. The highest BCUT2D eigenvalue weighted by atomic mass is 16.5. The minimum Gasteiger partial charge on any atom is -0.508 e. The number of rotatable bonds is 4. The molecule has 0 bridgehead atoms. The highest BCUT2D eigenvalue weighted by Crippen LogP contribution is 2.18. The Morgan fingerprint density at radius 2 is 2.18 bits per heavy atom. The minimum absolute atomic E-state index is 0.0140. The number of aromatic hydroxyl groups is 1. The highest BCUT2D eigenvalue weighted by Gasteiger charge is 2.10. The van der Waals surface area contributed by atoms with Gasteiger partial charge in [-0.2, -0.15) is 4.98 Å². The summed E-state index contributed by atoms with van der Waals surface area (Å²) < 4.78 is 5.00. The van der Waals surface area contributed by atoms with Gasteiger partial charge < -0.3 is 9.63 Å². The fraction of sp³-hybridized carbons (Fsp3) is 0.250. The van der Waals surface area contributed by atoms with E-state index in [9.17, 15) is 9.90 Å². The van der Waals surface area contributed by atoms with E-state index in [4.69, 9.17) is 4.52 Å². The van der Waals surface area contributed by atoms with Crippen LogP contribution in [0.4, 0.5) is 0 Å². The van der Waals surface area contributed by atoms with E-state index in [-0.39, 0.29) is 18.0 Å². The van der Waals surface area contributed by atoms with Crippen LogP contribution in [0.25, 0.3) is 0 Å². The van der Waals surface area contributed by atoms with Crippen molar-refractivity contribution < 1.29 is 14.4 Å². The van der Waals surface area contributed by atoms with E-state index < -0.39 is 0 Å². The predicted molar refractivity (Wildman–Crippen MR) is 59.6 cm³/mol. The van der Waals surface area contributed by atoms with Gasteiger partial charge in [0.05, 0.1) is 12.8 Å². The van der Waals surface area contributed by atoms with Crippen molar-refractivity contribution in [3.63, 3.8) is 0 Å². The van der Waals surface area contributed by atoms with Gasteiger partial charge in [-0.15, -0.1) is 0 Å². The summed E-state index contributed by atoms with van der Waals surface area (Å²) in [5, 5.41) is 13.3. The maximum Gasteiger partial charge on any atom is 0.231 e. The number of nitrogens with zero attached hydrogens (tertiary/aromatic N) is 2. The fourth-order valence-corrected chi connectivity index (χ4v) is 1.48. The molecule has 1 aromatic carbocycles. The highest BCUT2D eigenvalue weighted by molar-refractivity contribution is 5.77. The number of aromatic nitrogens is 2. The summed E-state index contributed by atoms with van der Waals surface area (Å²) >= 11 is 0. The molecule has 0 unspecified atom stereocenters. The lowest BCUT2D eigenvalue weighted by molar-refractivity contribution is -0.116. The monoisotopic (exact) mass is 232 g/mol. The number of ketones is 1. The molecule has 0 aliphatic heterocycles. The predicted octanol–water partition coefficient (Wildman–Crippen LogP) is 1.50. The van der Waals surface area contributed by atoms with Gasteiger partial charge in [-0.3, -0.25) is 4.79 Å². The van der Waals surface area contributed by atoms with Crippen LogP contribution >= 0.6 is 0 Å². The van der Waals surface area contributed by atoms with Crippen LogP contribution in [-0.2, 0) is 17.6 Å². The number of hydrogen-bond donors (Lipinski definition) is 1. The molecular formula is C12H12N2O3. The average Bonchev–Trinajstić information content (AvgIpc) is 2.68. The molecule has 0 spiro atoms. The number of carbonyl (C=O) groups excluding carboxylic acids is 1. The van der Waals surface area contributed by atoms with Crippen molar-refractivity contribution in [3.8, 4) is 5.75 Å². The minimum atomic E-state index is -0.0140. The number of para-hydroxylation sites is 1. The normalized spacial score (nSPS) is 10.4. The van der Waals surface area contributed by atoms with E-state index in [1.54, 1.807) is 18.2 Å². The molecule has 0 saturated carbocycles. The first-order valence-electron chi connectivity index (χ1n) is 5.23. The van der Waals surface area contributed by atoms with Crippen LogP contribution in [0, 0.1) is 0 Å². The van der Waals surface area contributed by atoms with Gasteiger partial charge in [-0.1, -0.05) is 23.4 Å². The maximum atomic E-state index is 10.9. The van der Waals surface area contributed by atoms with Crippen LogP contribution in [-0.4, -0.2) is 21.0 Å². The van der Waals surface area contributed by atoms with Crippen molar-refractivity contribution in [1.82, 2.24) is 10.1 Å². The molecule has 1 N–H and O–H groups in total. The first-order valence-corrected chi connectivity index (χ1v) is 5.23. The van der Waals surface area contributed by atoms with E-state index in [1.807, 2.05) is 6.07 Å². The van der Waals surface area contributed by atoms with E-state index >= 15 is 0 Å². The molecule has 0 aliphatic carbocycles.